The van der Waals surface area contributed by atoms with Crippen molar-refractivity contribution in [3.05, 3.63) is 23.0 Å². The van der Waals surface area contributed by atoms with Gasteiger partial charge in [-0.25, -0.2) is 22.2 Å². The lowest BCUT2D eigenvalue weighted by molar-refractivity contribution is -0.126. The van der Waals surface area contributed by atoms with Crippen LogP contribution in [0.2, 0.25) is 5.15 Å². The third-order valence-electron chi connectivity index (χ3n) is 5.88. The van der Waals surface area contributed by atoms with Gasteiger partial charge in [0.05, 0.1) is 0 Å². The Kier molecular flexibility index (Phi) is 4.29. The molecule has 0 radical (unpaired) electrons. The molecule has 1 aromatic heterocycles. The van der Waals surface area contributed by atoms with E-state index in [1.165, 1.54) is 6.07 Å². The third-order valence-corrected chi connectivity index (χ3v) is 8.22. The summed E-state index contributed by atoms with van der Waals surface area (Å²) < 4.78 is 53.7. The second-order valence-electron chi connectivity index (χ2n) is 7.79. The fourth-order valence-electron chi connectivity index (χ4n) is 4.23. The molecule has 2 saturated carbocycles. The zero-order valence-corrected chi connectivity index (χ0v) is 16.3. The molecule has 6 nitrogen and oxygen atoms in total. The zero-order chi connectivity index (χ0) is 19.6. The molecule has 3 fully saturated rings. The smallest absolute Gasteiger partial charge is 0.254 e. The first-order valence-electron chi connectivity index (χ1n) is 8.89. The number of aromatic nitrogens is 1. The van der Waals surface area contributed by atoms with Crippen LogP contribution in [-0.2, 0) is 14.8 Å². The molecule has 1 saturated heterocycles. The molecule has 2 heterocycles. The highest BCUT2D eigenvalue weighted by molar-refractivity contribution is 7.89. The number of hydrogen-bond acceptors (Lipinski definition) is 4. The molecule has 10 heteroatoms. The number of alkyl halides is 2. The predicted molar refractivity (Wildman–Crippen MR) is 94.1 cm³/mol. The van der Waals surface area contributed by atoms with E-state index >= 15 is 0 Å². The summed E-state index contributed by atoms with van der Waals surface area (Å²) in [6, 6.07) is 1.76. The van der Waals surface area contributed by atoms with Crippen molar-refractivity contribution < 1.29 is 22.0 Å². The SMILES string of the molecule is Cc1ccc(S(=O)(=O)N2CCC[C@H]2C(=O)NC2CC3(C2)CC3(F)F)c(Cl)n1. The Bertz CT molecular complexity index is 903. The van der Waals surface area contributed by atoms with Crippen LogP contribution in [0.25, 0.3) is 0 Å². The molecular formula is C17H20ClF2N3O3S. The number of sulfonamides is 1. The van der Waals surface area contributed by atoms with Crippen molar-refractivity contribution in [3.8, 4) is 0 Å². The van der Waals surface area contributed by atoms with Crippen LogP contribution in [-0.4, -0.2) is 48.2 Å². The van der Waals surface area contributed by atoms with Crippen LogP contribution in [0.15, 0.2) is 17.0 Å². The van der Waals surface area contributed by atoms with E-state index in [1.807, 2.05) is 0 Å². The molecule has 2 aliphatic carbocycles. The molecule has 148 valence electrons. The lowest BCUT2D eigenvalue weighted by Gasteiger charge is -2.37. The molecule has 0 bridgehead atoms. The Labute approximate surface area is 161 Å². The summed E-state index contributed by atoms with van der Waals surface area (Å²) in [4.78, 5) is 16.5. The first kappa shape index (κ1) is 19.0. The average molecular weight is 420 g/mol. The summed E-state index contributed by atoms with van der Waals surface area (Å²) in [6.45, 7) is 1.90. The Morgan fingerprint density at radius 2 is 2.04 bits per heavy atom. The van der Waals surface area contributed by atoms with Crippen LogP contribution in [0.3, 0.4) is 0 Å². The molecule has 1 aromatic rings. The minimum absolute atomic E-state index is 0.116. The number of nitrogens with one attached hydrogen (secondary N) is 1. The van der Waals surface area contributed by atoms with E-state index in [-0.39, 0.29) is 41.9 Å². The maximum atomic E-state index is 13.3. The minimum Gasteiger partial charge on any atom is -0.352 e. The average Bonchev–Trinajstić information content (AvgIpc) is 2.92. The van der Waals surface area contributed by atoms with Crippen LogP contribution in [0.4, 0.5) is 8.78 Å². The molecule has 0 unspecified atom stereocenters. The van der Waals surface area contributed by atoms with E-state index in [9.17, 15) is 22.0 Å². The van der Waals surface area contributed by atoms with Gasteiger partial charge in [0.2, 0.25) is 15.9 Å². The van der Waals surface area contributed by atoms with Crippen LogP contribution in [0.5, 0.6) is 0 Å². The first-order valence-corrected chi connectivity index (χ1v) is 10.7. The highest BCUT2D eigenvalue weighted by Crippen LogP contribution is 2.70. The fraction of sp³-hybridized carbons (Fsp3) is 0.647. The summed E-state index contributed by atoms with van der Waals surface area (Å²) in [6.07, 6.45) is 1.31. The number of halogens is 3. The van der Waals surface area contributed by atoms with Crippen molar-refractivity contribution in [1.29, 1.82) is 0 Å². The van der Waals surface area contributed by atoms with Crippen molar-refractivity contribution in [2.45, 2.75) is 61.9 Å². The molecule has 4 rings (SSSR count). The Hall–Kier alpha value is -1.32. The molecular weight excluding hydrogens is 400 g/mol. The van der Waals surface area contributed by atoms with Crippen molar-refractivity contribution in [2.24, 2.45) is 5.41 Å². The van der Waals surface area contributed by atoms with Crippen LogP contribution < -0.4 is 5.32 Å². The number of carbonyl (C=O) groups excluding carboxylic acids is 1. The summed E-state index contributed by atoms with van der Waals surface area (Å²) in [5, 5.41) is 2.62. The normalized spacial score (nSPS) is 32.3. The van der Waals surface area contributed by atoms with Crippen molar-refractivity contribution in [2.75, 3.05) is 6.54 Å². The molecule has 1 spiro atoms. The number of pyridine rings is 1. The molecule has 0 aromatic carbocycles. The highest BCUT2D eigenvalue weighted by atomic mass is 35.5. The number of aryl methyl sites for hydroxylation is 1. The van der Waals surface area contributed by atoms with Crippen LogP contribution in [0.1, 0.15) is 37.8 Å². The molecule has 1 atom stereocenters. The second kappa shape index (κ2) is 6.09. The number of hydrogen-bond donors (Lipinski definition) is 1. The predicted octanol–water partition coefficient (Wildman–Crippen LogP) is 2.50. The summed E-state index contributed by atoms with van der Waals surface area (Å²) in [5.74, 6) is -3.05. The third kappa shape index (κ3) is 3.03. The van der Waals surface area contributed by atoms with E-state index in [0.29, 0.717) is 18.5 Å². The van der Waals surface area contributed by atoms with Gasteiger partial charge in [0.25, 0.3) is 5.92 Å². The molecule has 1 N–H and O–H groups in total. The Morgan fingerprint density at radius 1 is 1.37 bits per heavy atom. The Balaban J connectivity index is 1.46. The quantitative estimate of drug-likeness (QED) is 0.760. The van der Waals surface area contributed by atoms with Gasteiger partial charge in [0, 0.05) is 30.1 Å². The second-order valence-corrected chi connectivity index (χ2v) is 10.0. The highest BCUT2D eigenvalue weighted by Gasteiger charge is 2.75. The van der Waals surface area contributed by atoms with Gasteiger partial charge >= 0.3 is 0 Å². The topological polar surface area (TPSA) is 79.4 Å². The van der Waals surface area contributed by atoms with Crippen molar-refractivity contribution in [1.82, 2.24) is 14.6 Å². The first-order chi connectivity index (χ1) is 12.6. The summed E-state index contributed by atoms with van der Waals surface area (Å²) in [5.41, 5.74) is -0.349. The van der Waals surface area contributed by atoms with Gasteiger partial charge in [-0.2, -0.15) is 4.31 Å². The van der Waals surface area contributed by atoms with Gasteiger partial charge in [-0.05, 0) is 44.7 Å². The number of rotatable bonds is 4. The van der Waals surface area contributed by atoms with Gasteiger partial charge < -0.3 is 5.32 Å². The fourth-order valence-corrected chi connectivity index (χ4v) is 6.37. The number of carbonyl (C=O) groups is 1. The minimum atomic E-state index is -3.98. The summed E-state index contributed by atoms with van der Waals surface area (Å²) >= 11 is 6.01. The molecule has 3 aliphatic rings. The number of amides is 1. The monoisotopic (exact) mass is 419 g/mol. The van der Waals surface area contributed by atoms with Crippen molar-refractivity contribution >= 4 is 27.5 Å². The van der Waals surface area contributed by atoms with Gasteiger partial charge in [-0.1, -0.05) is 11.6 Å². The van der Waals surface area contributed by atoms with Crippen LogP contribution in [0, 0.1) is 12.3 Å². The van der Waals surface area contributed by atoms with E-state index in [0.717, 1.165) is 4.31 Å². The van der Waals surface area contributed by atoms with Gasteiger partial charge in [0.1, 0.15) is 16.1 Å². The van der Waals surface area contributed by atoms with Gasteiger partial charge in [0.15, 0.2) is 0 Å². The maximum Gasteiger partial charge on any atom is 0.254 e. The molecule has 1 aliphatic heterocycles. The lowest BCUT2D eigenvalue weighted by atomic mass is 9.76. The molecule has 27 heavy (non-hydrogen) atoms. The largest absolute Gasteiger partial charge is 0.352 e. The summed E-state index contributed by atoms with van der Waals surface area (Å²) in [7, 11) is -3.98. The van der Waals surface area contributed by atoms with E-state index in [1.54, 1.807) is 13.0 Å². The zero-order valence-electron chi connectivity index (χ0n) is 14.7. The molecule has 1 amide bonds. The Morgan fingerprint density at radius 3 is 2.63 bits per heavy atom. The van der Waals surface area contributed by atoms with Crippen molar-refractivity contribution in [3.63, 3.8) is 0 Å². The van der Waals surface area contributed by atoms with Gasteiger partial charge in [-0.15, -0.1) is 0 Å². The maximum absolute atomic E-state index is 13.3. The van der Waals surface area contributed by atoms with Gasteiger partial charge in [-0.3, -0.25) is 4.79 Å². The van der Waals surface area contributed by atoms with Crippen LogP contribution >= 0.6 is 11.6 Å². The van der Waals surface area contributed by atoms with E-state index in [4.69, 9.17) is 11.6 Å². The number of nitrogens with zero attached hydrogens (tertiary/aromatic N) is 2. The lowest BCUT2D eigenvalue weighted by Crippen LogP contribution is -2.53. The van der Waals surface area contributed by atoms with E-state index in [2.05, 4.69) is 10.3 Å². The van der Waals surface area contributed by atoms with E-state index < -0.39 is 33.3 Å². The standard InChI is InChI=1S/C17H20ClF2N3O3S/c1-10-4-5-13(14(18)21-10)27(25,26)23-6-2-3-12(23)15(24)22-11-7-16(8-11)9-17(16,19)20/h4-5,11-12H,2-3,6-9H2,1H3,(H,22,24)/t11?,12-,16?/m0/s1.